The minimum atomic E-state index is 0.0319. The van der Waals surface area contributed by atoms with Crippen LogP contribution in [0, 0.1) is 26.7 Å². The maximum absolute atomic E-state index is 12.7. The first kappa shape index (κ1) is 17.3. The Morgan fingerprint density at radius 3 is 2.62 bits per heavy atom. The van der Waals surface area contributed by atoms with Gasteiger partial charge in [-0.05, 0) is 33.6 Å². The second-order valence-corrected chi connectivity index (χ2v) is 7.53. The van der Waals surface area contributed by atoms with Gasteiger partial charge in [-0.15, -0.1) is 0 Å². The van der Waals surface area contributed by atoms with Gasteiger partial charge in [-0.25, -0.2) is 4.98 Å². The van der Waals surface area contributed by atoms with Crippen LogP contribution in [0.1, 0.15) is 52.1 Å². The molecule has 0 N–H and O–H groups in total. The van der Waals surface area contributed by atoms with E-state index in [1.54, 1.807) is 6.92 Å². The van der Waals surface area contributed by atoms with Crippen molar-refractivity contribution in [2.24, 2.45) is 5.92 Å². The predicted molar refractivity (Wildman–Crippen MR) is 95.1 cm³/mol. The summed E-state index contributed by atoms with van der Waals surface area (Å²) >= 11 is 0. The summed E-state index contributed by atoms with van der Waals surface area (Å²) in [6, 6.07) is 0. The molecule has 26 heavy (non-hydrogen) atoms. The van der Waals surface area contributed by atoms with Gasteiger partial charge in [0, 0.05) is 56.6 Å². The van der Waals surface area contributed by atoms with E-state index in [2.05, 4.69) is 21.6 Å². The predicted octanol–water partition coefficient (Wildman–Crippen LogP) is 2.46. The Kier molecular flexibility index (Phi) is 4.56. The highest BCUT2D eigenvalue weighted by atomic mass is 16.5. The van der Waals surface area contributed by atoms with E-state index in [0.717, 1.165) is 45.7 Å². The van der Waals surface area contributed by atoms with Crippen molar-refractivity contribution in [1.82, 2.24) is 19.6 Å². The molecule has 2 aromatic heterocycles. The quantitative estimate of drug-likeness (QED) is 0.839. The van der Waals surface area contributed by atoms with Crippen LogP contribution in [0.15, 0.2) is 10.7 Å². The molecule has 2 saturated heterocycles. The van der Waals surface area contributed by atoms with Crippen molar-refractivity contribution in [2.45, 2.75) is 46.1 Å². The number of carbonyl (C=O) groups is 1. The second-order valence-electron chi connectivity index (χ2n) is 7.53. The average Bonchev–Trinajstić information content (AvgIpc) is 3.13. The van der Waals surface area contributed by atoms with Gasteiger partial charge in [0.25, 0.3) is 5.91 Å². The van der Waals surface area contributed by atoms with Crippen LogP contribution in [-0.2, 0) is 11.3 Å². The maximum atomic E-state index is 12.7. The van der Waals surface area contributed by atoms with Crippen LogP contribution >= 0.6 is 0 Å². The molecule has 2 aliphatic heterocycles. The third kappa shape index (κ3) is 3.05. The normalized spacial score (nSPS) is 19.0. The number of carbonyl (C=O) groups excluding carboxylic acids is 1. The molecule has 1 amide bonds. The molecular formula is C19H26N4O3. The molecule has 4 heterocycles. The molecular weight excluding hydrogens is 332 g/mol. The molecule has 2 fully saturated rings. The number of rotatable bonds is 4. The highest BCUT2D eigenvalue weighted by molar-refractivity contribution is 5.96. The summed E-state index contributed by atoms with van der Waals surface area (Å²) < 4.78 is 13.0. The van der Waals surface area contributed by atoms with Crippen LogP contribution in [0.3, 0.4) is 0 Å². The topological polar surface area (TPSA) is 73.4 Å². The van der Waals surface area contributed by atoms with E-state index >= 15 is 0 Å². The SMILES string of the molecule is Cc1noc(C)c1C(=O)N1CC(Cn2c(C)cnc2C2CCOCC2)C1. The zero-order valence-corrected chi connectivity index (χ0v) is 15.7. The number of imidazole rings is 1. The third-order valence-corrected chi connectivity index (χ3v) is 5.60. The van der Waals surface area contributed by atoms with E-state index in [-0.39, 0.29) is 5.91 Å². The molecule has 7 heteroatoms. The van der Waals surface area contributed by atoms with Gasteiger partial charge >= 0.3 is 0 Å². The fourth-order valence-corrected chi connectivity index (χ4v) is 4.05. The number of ether oxygens (including phenoxy) is 1. The van der Waals surface area contributed by atoms with Crippen LogP contribution in [-0.4, -0.2) is 51.8 Å². The lowest BCUT2D eigenvalue weighted by molar-refractivity contribution is 0.0458. The fraction of sp³-hybridized carbons (Fsp3) is 0.632. The molecule has 7 nitrogen and oxygen atoms in total. The van der Waals surface area contributed by atoms with Gasteiger partial charge in [-0.2, -0.15) is 0 Å². The van der Waals surface area contributed by atoms with E-state index in [0.29, 0.717) is 28.9 Å². The molecule has 0 aromatic carbocycles. The van der Waals surface area contributed by atoms with Crippen molar-refractivity contribution < 1.29 is 14.1 Å². The molecule has 140 valence electrons. The lowest BCUT2D eigenvalue weighted by Crippen LogP contribution is -2.51. The summed E-state index contributed by atoms with van der Waals surface area (Å²) in [7, 11) is 0. The van der Waals surface area contributed by atoms with E-state index in [4.69, 9.17) is 9.26 Å². The van der Waals surface area contributed by atoms with Crippen molar-refractivity contribution >= 4 is 5.91 Å². The summed E-state index contributed by atoms with van der Waals surface area (Å²) in [4.78, 5) is 19.2. The van der Waals surface area contributed by atoms with Crippen LogP contribution in [0.25, 0.3) is 0 Å². The molecule has 2 aliphatic rings. The van der Waals surface area contributed by atoms with Gasteiger partial charge in [-0.1, -0.05) is 5.16 Å². The third-order valence-electron chi connectivity index (χ3n) is 5.60. The first-order valence-electron chi connectivity index (χ1n) is 9.36. The van der Waals surface area contributed by atoms with Gasteiger partial charge in [-0.3, -0.25) is 4.79 Å². The Hall–Kier alpha value is -2.15. The minimum Gasteiger partial charge on any atom is -0.381 e. The number of hydrogen-bond acceptors (Lipinski definition) is 5. The zero-order valence-electron chi connectivity index (χ0n) is 15.7. The summed E-state index contributed by atoms with van der Waals surface area (Å²) in [6.07, 6.45) is 4.05. The fourth-order valence-electron chi connectivity index (χ4n) is 4.05. The number of hydrogen-bond donors (Lipinski definition) is 0. The molecule has 0 radical (unpaired) electrons. The Bertz CT molecular complexity index is 778. The lowest BCUT2D eigenvalue weighted by Gasteiger charge is -2.40. The number of aryl methyl sites for hydroxylation is 3. The Morgan fingerprint density at radius 2 is 1.96 bits per heavy atom. The molecule has 0 spiro atoms. The Morgan fingerprint density at radius 1 is 1.23 bits per heavy atom. The van der Waals surface area contributed by atoms with Gasteiger partial charge < -0.3 is 18.7 Å². The van der Waals surface area contributed by atoms with E-state index in [9.17, 15) is 4.79 Å². The van der Waals surface area contributed by atoms with Crippen molar-refractivity contribution in [2.75, 3.05) is 26.3 Å². The van der Waals surface area contributed by atoms with Crippen LogP contribution in [0.4, 0.5) is 0 Å². The van der Waals surface area contributed by atoms with Gasteiger partial charge in [0.1, 0.15) is 17.1 Å². The van der Waals surface area contributed by atoms with Crippen LogP contribution in [0.2, 0.25) is 0 Å². The van der Waals surface area contributed by atoms with Crippen molar-refractivity contribution in [3.63, 3.8) is 0 Å². The van der Waals surface area contributed by atoms with E-state index in [1.807, 2.05) is 18.0 Å². The Labute approximate surface area is 153 Å². The minimum absolute atomic E-state index is 0.0319. The second kappa shape index (κ2) is 6.87. The van der Waals surface area contributed by atoms with Gasteiger partial charge in [0.2, 0.25) is 0 Å². The highest BCUT2D eigenvalue weighted by Crippen LogP contribution is 2.29. The number of likely N-dealkylation sites (tertiary alicyclic amines) is 1. The van der Waals surface area contributed by atoms with E-state index < -0.39 is 0 Å². The lowest BCUT2D eigenvalue weighted by atomic mass is 9.96. The highest BCUT2D eigenvalue weighted by Gasteiger charge is 2.35. The summed E-state index contributed by atoms with van der Waals surface area (Å²) in [5.74, 6) is 2.76. The van der Waals surface area contributed by atoms with Gasteiger partial charge in [0.05, 0.1) is 5.69 Å². The number of nitrogens with zero attached hydrogens (tertiary/aromatic N) is 4. The van der Waals surface area contributed by atoms with Gasteiger partial charge in [0.15, 0.2) is 0 Å². The largest absolute Gasteiger partial charge is 0.381 e. The summed E-state index contributed by atoms with van der Waals surface area (Å²) in [5.41, 5.74) is 2.48. The molecule has 0 aliphatic carbocycles. The number of amides is 1. The molecule has 4 rings (SSSR count). The maximum Gasteiger partial charge on any atom is 0.259 e. The standard InChI is InChI=1S/C19H26N4O3/c1-12-8-20-18(16-4-6-25-7-5-16)23(12)11-15-9-22(10-15)19(24)17-13(2)21-26-14(17)3/h8,15-16H,4-7,9-11H2,1-3H3. The Balaban J connectivity index is 1.40. The molecule has 2 aromatic rings. The van der Waals surface area contributed by atoms with Crippen LogP contribution in [0.5, 0.6) is 0 Å². The smallest absolute Gasteiger partial charge is 0.259 e. The van der Waals surface area contributed by atoms with Crippen molar-refractivity contribution in [3.05, 3.63) is 34.7 Å². The first-order chi connectivity index (χ1) is 12.5. The van der Waals surface area contributed by atoms with E-state index in [1.165, 1.54) is 11.5 Å². The first-order valence-corrected chi connectivity index (χ1v) is 9.36. The molecule has 0 bridgehead atoms. The molecule has 0 atom stereocenters. The number of aromatic nitrogens is 3. The summed E-state index contributed by atoms with van der Waals surface area (Å²) in [6.45, 7) is 9.82. The monoisotopic (exact) mass is 358 g/mol. The molecule has 0 unspecified atom stereocenters. The van der Waals surface area contributed by atoms with Crippen molar-refractivity contribution in [1.29, 1.82) is 0 Å². The zero-order chi connectivity index (χ0) is 18.3. The molecule has 0 saturated carbocycles. The van der Waals surface area contributed by atoms with Crippen LogP contribution < -0.4 is 0 Å². The van der Waals surface area contributed by atoms with Crippen molar-refractivity contribution in [3.8, 4) is 0 Å². The summed E-state index contributed by atoms with van der Waals surface area (Å²) in [5, 5.41) is 3.89. The average molecular weight is 358 g/mol.